The van der Waals surface area contributed by atoms with Crippen LogP contribution in [-0.2, 0) is 18.4 Å². The summed E-state index contributed by atoms with van der Waals surface area (Å²) in [6, 6.07) is 7.62. The van der Waals surface area contributed by atoms with Crippen molar-refractivity contribution in [3.63, 3.8) is 0 Å². The fourth-order valence-corrected chi connectivity index (χ4v) is 2.58. The maximum Gasteiger partial charge on any atom is 0.233 e. The topological polar surface area (TPSA) is 69.0 Å². The average molecular weight is 306 g/mol. The van der Waals surface area contributed by atoms with E-state index in [2.05, 4.69) is 15.5 Å². The summed E-state index contributed by atoms with van der Waals surface area (Å²) in [5, 5.41) is 11.1. The zero-order valence-corrected chi connectivity index (χ0v) is 13.1. The number of para-hydroxylation sites is 1. The van der Waals surface area contributed by atoms with Gasteiger partial charge in [0.05, 0.1) is 12.4 Å². The molecule has 7 heteroatoms. The van der Waals surface area contributed by atoms with Crippen molar-refractivity contribution in [2.45, 2.75) is 23.9 Å². The highest BCUT2D eigenvalue weighted by atomic mass is 32.2. The van der Waals surface area contributed by atoms with E-state index in [4.69, 9.17) is 4.74 Å². The molecular formula is C14H18N4O2S. The van der Waals surface area contributed by atoms with Gasteiger partial charge in [0.1, 0.15) is 12.1 Å². The first-order chi connectivity index (χ1) is 10.1. The van der Waals surface area contributed by atoms with Gasteiger partial charge in [0.15, 0.2) is 5.16 Å². The first kappa shape index (κ1) is 15.4. The molecule has 0 saturated carbocycles. The molecule has 0 aliphatic heterocycles. The summed E-state index contributed by atoms with van der Waals surface area (Å²) in [5.74, 6) is 0.723. The summed E-state index contributed by atoms with van der Waals surface area (Å²) < 4.78 is 7.05. The second-order valence-corrected chi connectivity index (χ2v) is 5.82. The highest BCUT2D eigenvalue weighted by Gasteiger charge is 2.17. The largest absolute Gasteiger partial charge is 0.496 e. The maximum atomic E-state index is 12.1. The molecular weight excluding hydrogens is 288 g/mol. The van der Waals surface area contributed by atoms with Crippen molar-refractivity contribution in [3.05, 3.63) is 36.2 Å². The van der Waals surface area contributed by atoms with Crippen molar-refractivity contribution in [1.29, 1.82) is 0 Å². The lowest BCUT2D eigenvalue weighted by molar-refractivity contribution is -0.120. The normalized spacial score (nSPS) is 12.0. The number of ether oxygens (including phenoxy) is 1. The van der Waals surface area contributed by atoms with Crippen LogP contribution >= 0.6 is 11.8 Å². The quantitative estimate of drug-likeness (QED) is 0.821. The molecule has 2 rings (SSSR count). The maximum absolute atomic E-state index is 12.1. The average Bonchev–Trinajstić information content (AvgIpc) is 2.90. The molecule has 2 aromatic rings. The predicted octanol–water partition coefficient (Wildman–Crippen LogP) is 1.62. The molecule has 1 amide bonds. The number of benzene rings is 1. The first-order valence-electron chi connectivity index (χ1n) is 6.52. The van der Waals surface area contributed by atoms with Gasteiger partial charge in [0.2, 0.25) is 5.91 Å². The summed E-state index contributed by atoms with van der Waals surface area (Å²) in [4.78, 5) is 12.1. The SMILES string of the molecule is COc1ccccc1CNC(=O)[C@H](C)Sc1nncn1C. The van der Waals surface area contributed by atoms with Gasteiger partial charge in [-0.3, -0.25) is 4.79 Å². The van der Waals surface area contributed by atoms with Crippen LogP contribution in [0.1, 0.15) is 12.5 Å². The standard InChI is InChI=1S/C14H18N4O2S/c1-10(21-14-17-16-9-18(14)2)13(19)15-8-11-6-4-5-7-12(11)20-3/h4-7,9-10H,8H2,1-3H3,(H,15,19)/t10-/m0/s1. The van der Waals surface area contributed by atoms with E-state index in [1.54, 1.807) is 18.0 Å². The molecule has 0 unspecified atom stereocenters. The van der Waals surface area contributed by atoms with Crippen LogP contribution in [0.2, 0.25) is 0 Å². The van der Waals surface area contributed by atoms with Gasteiger partial charge in [0, 0.05) is 19.2 Å². The van der Waals surface area contributed by atoms with Gasteiger partial charge in [-0.25, -0.2) is 0 Å². The minimum Gasteiger partial charge on any atom is -0.496 e. The second-order valence-electron chi connectivity index (χ2n) is 4.51. The molecule has 1 aromatic heterocycles. The molecule has 0 bridgehead atoms. The van der Waals surface area contributed by atoms with Gasteiger partial charge in [-0.2, -0.15) is 0 Å². The third kappa shape index (κ3) is 3.98. The minimum atomic E-state index is -0.248. The number of amides is 1. The van der Waals surface area contributed by atoms with Crippen LogP contribution in [0.4, 0.5) is 0 Å². The highest BCUT2D eigenvalue weighted by Crippen LogP contribution is 2.21. The summed E-state index contributed by atoms with van der Waals surface area (Å²) in [6.07, 6.45) is 1.61. The number of nitrogens with zero attached hydrogens (tertiary/aromatic N) is 3. The Morgan fingerprint density at radius 1 is 1.48 bits per heavy atom. The molecule has 112 valence electrons. The van der Waals surface area contributed by atoms with Crippen molar-refractivity contribution >= 4 is 17.7 Å². The Balaban J connectivity index is 1.91. The number of thioether (sulfide) groups is 1. The van der Waals surface area contributed by atoms with Crippen LogP contribution < -0.4 is 10.1 Å². The predicted molar refractivity (Wildman–Crippen MR) is 81.2 cm³/mol. The van der Waals surface area contributed by atoms with E-state index in [-0.39, 0.29) is 11.2 Å². The molecule has 21 heavy (non-hydrogen) atoms. The lowest BCUT2D eigenvalue weighted by Gasteiger charge is -2.13. The van der Waals surface area contributed by atoms with Crippen LogP contribution in [0.25, 0.3) is 0 Å². The van der Waals surface area contributed by atoms with Crippen LogP contribution in [0.5, 0.6) is 5.75 Å². The Morgan fingerprint density at radius 3 is 2.90 bits per heavy atom. The number of carbonyl (C=O) groups is 1. The fourth-order valence-electron chi connectivity index (χ4n) is 1.77. The zero-order chi connectivity index (χ0) is 15.2. The van der Waals surface area contributed by atoms with Crippen molar-refractivity contribution in [1.82, 2.24) is 20.1 Å². The summed E-state index contributed by atoms with van der Waals surface area (Å²) in [5.41, 5.74) is 0.948. The van der Waals surface area contributed by atoms with Crippen LogP contribution in [-0.4, -0.2) is 33.0 Å². The Morgan fingerprint density at radius 2 is 2.24 bits per heavy atom. The lowest BCUT2D eigenvalue weighted by Crippen LogP contribution is -2.30. The van der Waals surface area contributed by atoms with Crippen LogP contribution in [0, 0.1) is 0 Å². The Labute approximate surface area is 127 Å². The molecule has 6 nitrogen and oxygen atoms in total. The Hall–Kier alpha value is -2.02. The number of nitrogens with one attached hydrogen (secondary N) is 1. The molecule has 0 aliphatic carbocycles. The van der Waals surface area contributed by atoms with Crippen molar-refractivity contribution in [2.24, 2.45) is 7.05 Å². The molecule has 0 aliphatic rings. The Bertz CT molecular complexity index is 615. The van der Waals surface area contributed by atoms with Gasteiger partial charge in [0.25, 0.3) is 0 Å². The van der Waals surface area contributed by atoms with E-state index in [0.717, 1.165) is 16.5 Å². The van der Waals surface area contributed by atoms with Gasteiger partial charge in [-0.1, -0.05) is 30.0 Å². The lowest BCUT2D eigenvalue weighted by atomic mass is 10.2. The van der Waals surface area contributed by atoms with Gasteiger partial charge in [-0.15, -0.1) is 10.2 Å². The summed E-state index contributed by atoms with van der Waals surface area (Å²) in [6.45, 7) is 2.28. The molecule has 1 heterocycles. The van der Waals surface area contributed by atoms with E-state index >= 15 is 0 Å². The molecule has 0 radical (unpaired) electrons. The molecule has 0 spiro atoms. The van der Waals surface area contributed by atoms with E-state index in [0.29, 0.717) is 6.54 Å². The first-order valence-corrected chi connectivity index (χ1v) is 7.40. The van der Waals surface area contributed by atoms with Gasteiger partial charge < -0.3 is 14.6 Å². The van der Waals surface area contributed by atoms with E-state index in [1.165, 1.54) is 11.8 Å². The molecule has 0 saturated heterocycles. The summed E-state index contributed by atoms with van der Waals surface area (Å²) in [7, 11) is 3.47. The third-order valence-electron chi connectivity index (χ3n) is 2.97. The molecule has 1 aromatic carbocycles. The zero-order valence-electron chi connectivity index (χ0n) is 12.2. The number of hydrogen-bond donors (Lipinski definition) is 1. The Kier molecular flexibility index (Phi) is 5.21. The number of carbonyl (C=O) groups excluding carboxylic acids is 1. The van der Waals surface area contributed by atoms with Crippen molar-refractivity contribution in [2.75, 3.05) is 7.11 Å². The number of hydrogen-bond acceptors (Lipinski definition) is 5. The monoisotopic (exact) mass is 306 g/mol. The highest BCUT2D eigenvalue weighted by molar-refractivity contribution is 8.00. The molecule has 1 N–H and O–H groups in total. The number of aryl methyl sites for hydroxylation is 1. The van der Waals surface area contributed by atoms with Crippen molar-refractivity contribution in [3.8, 4) is 5.75 Å². The number of rotatable bonds is 6. The second kappa shape index (κ2) is 7.12. The number of methoxy groups -OCH3 is 1. The van der Waals surface area contributed by atoms with Crippen LogP contribution in [0.3, 0.4) is 0 Å². The smallest absolute Gasteiger partial charge is 0.233 e. The van der Waals surface area contributed by atoms with Crippen molar-refractivity contribution < 1.29 is 9.53 Å². The minimum absolute atomic E-state index is 0.0473. The van der Waals surface area contributed by atoms with Crippen LogP contribution in [0.15, 0.2) is 35.7 Å². The fraction of sp³-hybridized carbons (Fsp3) is 0.357. The van der Waals surface area contributed by atoms with Gasteiger partial charge in [-0.05, 0) is 13.0 Å². The van der Waals surface area contributed by atoms with Gasteiger partial charge >= 0.3 is 0 Å². The van der Waals surface area contributed by atoms with E-state index < -0.39 is 0 Å². The molecule has 0 fully saturated rings. The van der Waals surface area contributed by atoms with E-state index in [1.807, 2.05) is 38.2 Å². The summed E-state index contributed by atoms with van der Waals surface area (Å²) >= 11 is 1.38. The third-order valence-corrected chi connectivity index (χ3v) is 4.11. The number of aromatic nitrogens is 3. The molecule has 1 atom stereocenters. The van der Waals surface area contributed by atoms with E-state index in [9.17, 15) is 4.79 Å².